The Morgan fingerprint density at radius 2 is 1.92 bits per heavy atom. The van der Waals surface area contributed by atoms with Crippen molar-refractivity contribution in [2.75, 3.05) is 33.2 Å². The first-order valence-corrected chi connectivity index (χ1v) is 5.16. The van der Waals surface area contributed by atoms with Gasteiger partial charge in [-0.05, 0) is 46.4 Å². The third-order valence-corrected chi connectivity index (χ3v) is 2.97. The van der Waals surface area contributed by atoms with E-state index in [-0.39, 0.29) is 0 Å². The van der Waals surface area contributed by atoms with Gasteiger partial charge in [0.2, 0.25) is 0 Å². The lowest BCUT2D eigenvalue weighted by molar-refractivity contribution is 0.199. The summed E-state index contributed by atoms with van der Waals surface area (Å²) in [5.74, 6) is 0. The van der Waals surface area contributed by atoms with Crippen molar-refractivity contribution in [1.82, 2.24) is 9.80 Å². The summed E-state index contributed by atoms with van der Waals surface area (Å²) in [7, 11) is 2.21. The second-order valence-corrected chi connectivity index (χ2v) is 3.93. The Morgan fingerprint density at radius 1 is 1.33 bits per heavy atom. The zero-order valence-corrected chi connectivity index (χ0v) is 8.71. The average Bonchev–Trinajstić information content (AvgIpc) is 2.55. The SMILES string of the molecule is CCN(C)C(C)CN1CCCC1. The minimum atomic E-state index is 0.716. The van der Waals surface area contributed by atoms with Crippen LogP contribution in [0.15, 0.2) is 0 Å². The minimum Gasteiger partial charge on any atom is -0.303 e. The van der Waals surface area contributed by atoms with E-state index in [0.29, 0.717) is 6.04 Å². The predicted molar refractivity (Wildman–Crippen MR) is 53.4 cm³/mol. The Bertz CT molecular complexity index is 119. The molecule has 72 valence electrons. The zero-order chi connectivity index (χ0) is 8.97. The lowest BCUT2D eigenvalue weighted by Crippen LogP contribution is -2.39. The summed E-state index contributed by atoms with van der Waals surface area (Å²) in [5, 5.41) is 0. The fourth-order valence-electron chi connectivity index (χ4n) is 1.79. The summed E-state index contributed by atoms with van der Waals surface area (Å²) in [6.07, 6.45) is 2.81. The van der Waals surface area contributed by atoms with Crippen molar-refractivity contribution in [2.24, 2.45) is 0 Å². The van der Waals surface area contributed by atoms with E-state index in [0.717, 1.165) is 6.54 Å². The summed E-state index contributed by atoms with van der Waals surface area (Å²) in [5.41, 5.74) is 0. The van der Waals surface area contributed by atoms with Gasteiger partial charge in [-0.1, -0.05) is 6.92 Å². The molecule has 1 unspecified atom stereocenters. The van der Waals surface area contributed by atoms with Crippen molar-refractivity contribution in [1.29, 1.82) is 0 Å². The first kappa shape index (κ1) is 10.0. The average molecular weight is 170 g/mol. The number of hydrogen-bond donors (Lipinski definition) is 0. The smallest absolute Gasteiger partial charge is 0.0191 e. The van der Waals surface area contributed by atoms with Gasteiger partial charge in [0.15, 0.2) is 0 Å². The molecule has 1 atom stereocenters. The molecule has 0 saturated carbocycles. The van der Waals surface area contributed by atoms with Crippen LogP contribution in [0, 0.1) is 0 Å². The Hall–Kier alpha value is -0.0800. The monoisotopic (exact) mass is 170 g/mol. The number of nitrogens with zero attached hydrogens (tertiary/aromatic N) is 2. The molecule has 0 aliphatic carbocycles. The molecule has 0 spiro atoms. The fraction of sp³-hybridized carbons (Fsp3) is 1.00. The van der Waals surface area contributed by atoms with E-state index in [1.165, 1.54) is 32.5 Å². The van der Waals surface area contributed by atoms with Crippen molar-refractivity contribution >= 4 is 0 Å². The fourth-order valence-corrected chi connectivity index (χ4v) is 1.79. The van der Waals surface area contributed by atoms with E-state index in [9.17, 15) is 0 Å². The van der Waals surface area contributed by atoms with Crippen molar-refractivity contribution < 1.29 is 0 Å². The van der Waals surface area contributed by atoms with Gasteiger partial charge in [0, 0.05) is 12.6 Å². The maximum Gasteiger partial charge on any atom is 0.0191 e. The van der Waals surface area contributed by atoms with Crippen LogP contribution < -0.4 is 0 Å². The third-order valence-electron chi connectivity index (χ3n) is 2.97. The highest BCUT2D eigenvalue weighted by atomic mass is 15.2. The van der Waals surface area contributed by atoms with E-state index in [1.807, 2.05) is 0 Å². The molecule has 1 rings (SSSR count). The van der Waals surface area contributed by atoms with Crippen LogP contribution in [0.4, 0.5) is 0 Å². The van der Waals surface area contributed by atoms with Gasteiger partial charge in [0.25, 0.3) is 0 Å². The van der Waals surface area contributed by atoms with E-state index < -0.39 is 0 Å². The van der Waals surface area contributed by atoms with Gasteiger partial charge in [-0.2, -0.15) is 0 Å². The van der Waals surface area contributed by atoms with Crippen molar-refractivity contribution in [2.45, 2.75) is 32.7 Å². The molecular formula is C10H22N2. The second kappa shape index (κ2) is 4.83. The van der Waals surface area contributed by atoms with Crippen LogP contribution in [-0.2, 0) is 0 Å². The first-order valence-electron chi connectivity index (χ1n) is 5.16. The third kappa shape index (κ3) is 2.76. The largest absolute Gasteiger partial charge is 0.303 e. The Labute approximate surface area is 76.5 Å². The molecule has 0 N–H and O–H groups in total. The summed E-state index contributed by atoms with van der Waals surface area (Å²) in [6.45, 7) is 9.60. The lowest BCUT2D eigenvalue weighted by atomic mass is 10.3. The summed E-state index contributed by atoms with van der Waals surface area (Å²) in [6, 6.07) is 0.716. The molecule has 0 aromatic rings. The van der Waals surface area contributed by atoms with Crippen LogP contribution in [0.5, 0.6) is 0 Å². The van der Waals surface area contributed by atoms with Crippen LogP contribution in [0.3, 0.4) is 0 Å². The lowest BCUT2D eigenvalue weighted by Gasteiger charge is -2.27. The standard InChI is InChI=1S/C10H22N2/c1-4-11(3)10(2)9-12-7-5-6-8-12/h10H,4-9H2,1-3H3. The molecule has 2 heteroatoms. The van der Waals surface area contributed by atoms with Crippen LogP contribution in [0.2, 0.25) is 0 Å². The molecule has 1 saturated heterocycles. The minimum absolute atomic E-state index is 0.716. The van der Waals surface area contributed by atoms with Crippen LogP contribution in [0.1, 0.15) is 26.7 Å². The molecule has 2 nitrogen and oxygen atoms in total. The van der Waals surface area contributed by atoms with Crippen LogP contribution >= 0.6 is 0 Å². The van der Waals surface area contributed by atoms with E-state index in [4.69, 9.17) is 0 Å². The maximum atomic E-state index is 2.58. The molecule has 0 bridgehead atoms. The normalized spacial score (nSPS) is 22.0. The Balaban J connectivity index is 2.19. The van der Waals surface area contributed by atoms with Gasteiger partial charge in [0.1, 0.15) is 0 Å². The maximum absolute atomic E-state index is 2.58. The Kier molecular flexibility index (Phi) is 4.02. The summed E-state index contributed by atoms with van der Waals surface area (Å²) in [4.78, 5) is 5.00. The van der Waals surface area contributed by atoms with Crippen LogP contribution in [0.25, 0.3) is 0 Å². The molecule has 0 radical (unpaired) electrons. The Morgan fingerprint density at radius 3 is 2.42 bits per heavy atom. The molecule has 12 heavy (non-hydrogen) atoms. The predicted octanol–water partition coefficient (Wildman–Crippen LogP) is 1.42. The second-order valence-electron chi connectivity index (χ2n) is 3.93. The van der Waals surface area contributed by atoms with Crippen molar-refractivity contribution in [3.8, 4) is 0 Å². The quantitative estimate of drug-likeness (QED) is 0.629. The highest BCUT2D eigenvalue weighted by Crippen LogP contribution is 2.09. The van der Waals surface area contributed by atoms with Crippen molar-refractivity contribution in [3.63, 3.8) is 0 Å². The molecule has 0 aromatic heterocycles. The molecule has 0 aromatic carbocycles. The van der Waals surface area contributed by atoms with E-state index in [2.05, 4.69) is 30.7 Å². The van der Waals surface area contributed by atoms with Gasteiger partial charge < -0.3 is 9.80 Å². The number of hydrogen-bond acceptors (Lipinski definition) is 2. The molecule has 1 fully saturated rings. The summed E-state index contributed by atoms with van der Waals surface area (Å²) < 4.78 is 0. The van der Waals surface area contributed by atoms with Gasteiger partial charge >= 0.3 is 0 Å². The van der Waals surface area contributed by atoms with Crippen molar-refractivity contribution in [3.05, 3.63) is 0 Å². The number of likely N-dealkylation sites (N-methyl/N-ethyl adjacent to an activating group) is 1. The number of rotatable bonds is 4. The molecule has 1 aliphatic rings. The summed E-state index contributed by atoms with van der Waals surface area (Å²) >= 11 is 0. The highest BCUT2D eigenvalue weighted by molar-refractivity contribution is 4.72. The van der Waals surface area contributed by atoms with E-state index >= 15 is 0 Å². The van der Waals surface area contributed by atoms with Gasteiger partial charge in [-0.3, -0.25) is 0 Å². The first-order chi connectivity index (χ1) is 5.74. The van der Waals surface area contributed by atoms with Gasteiger partial charge in [-0.15, -0.1) is 0 Å². The molecule has 1 aliphatic heterocycles. The zero-order valence-electron chi connectivity index (χ0n) is 8.71. The number of likely N-dealkylation sites (tertiary alicyclic amines) is 1. The molecule has 1 heterocycles. The highest BCUT2D eigenvalue weighted by Gasteiger charge is 2.15. The van der Waals surface area contributed by atoms with E-state index in [1.54, 1.807) is 0 Å². The topological polar surface area (TPSA) is 6.48 Å². The van der Waals surface area contributed by atoms with Gasteiger partial charge in [0.05, 0.1) is 0 Å². The van der Waals surface area contributed by atoms with Crippen LogP contribution in [-0.4, -0.2) is 49.1 Å². The van der Waals surface area contributed by atoms with Gasteiger partial charge in [-0.25, -0.2) is 0 Å². The molecular weight excluding hydrogens is 148 g/mol. The molecule has 0 amide bonds.